The zero-order chi connectivity index (χ0) is 15.4. The Kier molecular flexibility index (Phi) is 4.48. The molecule has 1 aromatic heterocycles. The van der Waals surface area contributed by atoms with Crippen molar-refractivity contribution < 1.29 is 0 Å². The van der Waals surface area contributed by atoms with Crippen LogP contribution in [-0.2, 0) is 13.0 Å². The Balaban J connectivity index is 1.68. The monoisotopic (exact) mass is 298 g/mol. The van der Waals surface area contributed by atoms with Gasteiger partial charge in [0.1, 0.15) is 0 Å². The molecule has 0 spiro atoms. The lowest BCUT2D eigenvalue weighted by molar-refractivity contribution is 0.425. The van der Waals surface area contributed by atoms with Gasteiger partial charge in [0.2, 0.25) is 5.95 Å². The van der Waals surface area contributed by atoms with Crippen molar-refractivity contribution in [3.8, 4) is 0 Å². The van der Waals surface area contributed by atoms with Crippen LogP contribution in [0.1, 0.15) is 11.1 Å². The number of hydrogen-bond acceptors (Lipinski definition) is 6. The van der Waals surface area contributed by atoms with Crippen LogP contribution in [0.4, 0.5) is 11.8 Å². The summed E-state index contributed by atoms with van der Waals surface area (Å²) in [6.07, 6.45) is 2.70. The number of fused-ring (bicyclic) bond motifs is 1. The standard InChI is InChI=1S/C16H22N6/c1-21(2)10-8-17-15-11-18-20-16(19-15)22-9-7-13-5-3-4-6-14(13)12-22/h3-6,11H,7-10,12H2,1-2H3,(H,17,19,20). The highest BCUT2D eigenvalue weighted by Crippen LogP contribution is 2.21. The van der Waals surface area contributed by atoms with Crippen molar-refractivity contribution in [1.82, 2.24) is 20.1 Å². The predicted molar refractivity (Wildman–Crippen MR) is 88.1 cm³/mol. The van der Waals surface area contributed by atoms with Crippen molar-refractivity contribution >= 4 is 11.8 Å². The number of likely N-dealkylation sites (N-methyl/N-ethyl adjacent to an activating group) is 1. The van der Waals surface area contributed by atoms with Gasteiger partial charge >= 0.3 is 0 Å². The average molecular weight is 298 g/mol. The van der Waals surface area contributed by atoms with Gasteiger partial charge in [-0.15, -0.1) is 5.10 Å². The van der Waals surface area contributed by atoms with Crippen molar-refractivity contribution in [1.29, 1.82) is 0 Å². The van der Waals surface area contributed by atoms with E-state index >= 15 is 0 Å². The molecule has 0 amide bonds. The fourth-order valence-electron chi connectivity index (χ4n) is 2.59. The molecule has 0 bridgehead atoms. The van der Waals surface area contributed by atoms with Crippen molar-refractivity contribution in [3.05, 3.63) is 41.6 Å². The van der Waals surface area contributed by atoms with E-state index in [1.165, 1.54) is 11.1 Å². The Hall–Kier alpha value is -2.21. The molecule has 0 unspecified atom stereocenters. The molecule has 0 aliphatic carbocycles. The molecule has 2 aromatic rings. The molecule has 0 saturated heterocycles. The van der Waals surface area contributed by atoms with E-state index in [-0.39, 0.29) is 0 Å². The van der Waals surface area contributed by atoms with E-state index in [9.17, 15) is 0 Å². The van der Waals surface area contributed by atoms with Crippen molar-refractivity contribution in [2.45, 2.75) is 13.0 Å². The molecule has 3 rings (SSSR count). The highest BCUT2D eigenvalue weighted by molar-refractivity contribution is 5.43. The molecule has 6 nitrogen and oxygen atoms in total. The fraction of sp³-hybridized carbons (Fsp3) is 0.438. The molecule has 1 aliphatic heterocycles. The van der Waals surface area contributed by atoms with Crippen molar-refractivity contribution in [2.24, 2.45) is 0 Å². The third kappa shape index (κ3) is 3.51. The van der Waals surface area contributed by atoms with Crippen LogP contribution >= 0.6 is 0 Å². The maximum atomic E-state index is 4.59. The summed E-state index contributed by atoms with van der Waals surface area (Å²) < 4.78 is 0. The third-order valence-electron chi connectivity index (χ3n) is 3.83. The highest BCUT2D eigenvalue weighted by atomic mass is 15.3. The molecule has 0 atom stereocenters. The van der Waals surface area contributed by atoms with Gasteiger partial charge < -0.3 is 15.1 Å². The Morgan fingerprint density at radius 3 is 2.86 bits per heavy atom. The number of nitrogens with one attached hydrogen (secondary N) is 1. The Morgan fingerprint density at radius 1 is 1.23 bits per heavy atom. The minimum absolute atomic E-state index is 0.698. The van der Waals surface area contributed by atoms with E-state index in [1.54, 1.807) is 6.20 Å². The van der Waals surface area contributed by atoms with Gasteiger partial charge in [-0.1, -0.05) is 24.3 Å². The Morgan fingerprint density at radius 2 is 2.05 bits per heavy atom. The molecule has 6 heteroatoms. The summed E-state index contributed by atoms with van der Waals surface area (Å²) in [6, 6.07) is 8.56. The maximum Gasteiger partial charge on any atom is 0.247 e. The van der Waals surface area contributed by atoms with Gasteiger partial charge in [-0.3, -0.25) is 0 Å². The summed E-state index contributed by atoms with van der Waals surface area (Å²) in [5.74, 6) is 1.48. The number of benzene rings is 1. The first-order valence-electron chi connectivity index (χ1n) is 7.62. The predicted octanol–water partition coefficient (Wildman–Crippen LogP) is 1.41. The lowest BCUT2D eigenvalue weighted by Crippen LogP contribution is -2.32. The third-order valence-corrected chi connectivity index (χ3v) is 3.83. The normalized spacial score (nSPS) is 14.0. The van der Waals surface area contributed by atoms with Crippen molar-refractivity contribution in [2.75, 3.05) is 43.9 Å². The molecule has 0 fully saturated rings. The number of hydrogen-bond donors (Lipinski definition) is 1. The maximum absolute atomic E-state index is 4.59. The molecule has 1 aliphatic rings. The first kappa shape index (κ1) is 14.7. The van der Waals surface area contributed by atoms with Crippen LogP contribution in [0.15, 0.2) is 30.5 Å². The van der Waals surface area contributed by atoms with E-state index in [4.69, 9.17) is 0 Å². The second-order valence-electron chi connectivity index (χ2n) is 5.81. The molecule has 0 saturated carbocycles. The summed E-state index contributed by atoms with van der Waals surface area (Å²) in [4.78, 5) is 8.90. The lowest BCUT2D eigenvalue weighted by Gasteiger charge is -2.28. The van der Waals surface area contributed by atoms with Crippen LogP contribution in [0.3, 0.4) is 0 Å². The van der Waals surface area contributed by atoms with Crippen molar-refractivity contribution in [3.63, 3.8) is 0 Å². The molecule has 1 aromatic carbocycles. The van der Waals surface area contributed by atoms with Gasteiger partial charge in [-0.25, -0.2) is 0 Å². The lowest BCUT2D eigenvalue weighted by atomic mass is 10.0. The van der Waals surface area contributed by atoms with Gasteiger partial charge in [0, 0.05) is 26.2 Å². The molecular weight excluding hydrogens is 276 g/mol. The van der Waals surface area contributed by atoms with Gasteiger partial charge in [0.25, 0.3) is 0 Å². The summed E-state index contributed by atoms with van der Waals surface area (Å²) in [5.41, 5.74) is 2.77. The number of rotatable bonds is 5. The zero-order valence-corrected chi connectivity index (χ0v) is 13.2. The molecule has 22 heavy (non-hydrogen) atoms. The smallest absolute Gasteiger partial charge is 0.247 e. The summed E-state index contributed by atoms with van der Waals surface area (Å²) in [5, 5.41) is 11.6. The number of aromatic nitrogens is 3. The van der Waals surface area contributed by atoms with Crippen LogP contribution in [0.25, 0.3) is 0 Å². The molecule has 2 heterocycles. The van der Waals surface area contributed by atoms with Crippen LogP contribution < -0.4 is 10.2 Å². The summed E-state index contributed by atoms with van der Waals surface area (Å²) >= 11 is 0. The van der Waals surface area contributed by atoms with Crippen LogP contribution in [0.5, 0.6) is 0 Å². The van der Waals surface area contributed by atoms with Gasteiger partial charge in [0.05, 0.1) is 6.20 Å². The molecule has 0 radical (unpaired) electrons. The van der Waals surface area contributed by atoms with Crippen LogP contribution in [0.2, 0.25) is 0 Å². The average Bonchev–Trinajstić information content (AvgIpc) is 2.54. The van der Waals surface area contributed by atoms with Crippen LogP contribution in [-0.4, -0.2) is 53.8 Å². The topological polar surface area (TPSA) is 57.2 Å². The summed E-state index contributed by atoms with van der Waals surface area (Å²) in [6.45, 7) is 3.57. The molecule has 1 N–H and O–H groups in total. The second-order valence-corrected chi connectivity index (χ2v) is 5.81. The Bertz CT molecular complexity index is 628. The SMILES string of the molecule is CN(C)CCNc1cnnc(N2CCc3ccccc3C2)n1. The fourth-order valence-corrected chi connectivity index (χ4v) is 2.59. The van der Waals surface area contributed by atoms with Gasteiger partial charge in [-0.05, 0) is 31.6 Å². The largest absolute Gasteiger partial charge is 0.367 e. The van der Waals surface area contributed by atoms with E-state index in [2.05, 4.69) is 68.7 Å². The quantitative estimate of drug-likeness (QED) is 0.900. The van der Waals surface area contributed by atoms with Gasteiger partial charge in [-0.2, -0.15) is 10.1 Å². The first-order chi connectivity index (χ1) is 10.7. The van der Waals surface area contributed by atoms with E-state index in [0.29, 0.717) is 5.95 Å². The zero-order valence-electron chi connectivity index (χ0n) is 13.2. The Labute approximate surface area is 131 Å². The molecular formula is C16H22N6. The minimum Gasteiger partial charge on any atom is -0.367 e. The number of anilines is 2. The van der Waals surface area contributed by atoms with Gasteiger partial charge in [0.15, 0.2) is 5.82 Å². The highest BCUT2D eigenvalue weighted by Gasteiger charge is 2.18. The van der Waals surface area contributed by atoms with Crippen LogP contribution in [0, 0.1) is 0 Å². The van der Waals surface area contributed by atoms with E-state index < -0.39 is 0 Å². The molecule has 116 valence electrons. The van der Waals surface area contributed by atoms with E-state index in [0.717, 1.165) is 38.4 Å². The van der Waals surface area contributed by atoms with E-state index in [1.807, 2.05) is 0 Å². The summed E-state index contributed by atoms with van der Waals surface area (Å²) in [7, 11) is 4.10. The first-order valence-corrected chi connectivity index (χ1v) is 7.62. The second kappa shape index (κ2) is 6.70. The minimum atomic E-state index is 0.698. The number of nitrogens with zero attached hydrogens (tertiary/aromatic N) is 5.